The van der Waals surface area contributed by atoms with Gasteiger partial charge in [0.1, 0.15) is 6.04 Å². The molecule has 0 aromatic rings. The number of rotatable bonds is 9. The topological polar surface area (TPSA) is 90.9 Å². The lowest BCUT2D eigenvalue weighted by Gasteiger charge is -2.26. The molecule has 1 aliphatic heterocycles. The summed E-state index contributed by atoms with van der Waals surface area (Å²) in [6.07, 6.45) is 3.18. The van der Waals surface area contributed by atoms with E-state index >= 15 is 0 Å². The third-order valence-electron chi connectivity index (χ3n) is 3.25. The molecule has 0 radical (unpaired) electrons. The van der Waals surface area contributed by atoms with Crippen LogP contribution >= 0.6 is 11.8 Å². The number of nitrogens with one attached hydrogen (secondary N) is 2. The summed E-state index contributed by atoms with van der Waals surface area (Å²) in [5, 5.41) is 14.2. The molecule has 21 heavy (non-hydrogen) atoms. The first-order chi connectivity index (χ1) is 10.1. The van der Waals surface area contributed by atoms with Crippen LogP contribution in [-0.2, 0) is 9.53 Å². The number of ether oxygens (including phenoxy) is 1. The number of hydrogen-bond acceptors (Lipinski definition) is 5. The van der Waals surface area contributed by atoms with Crippen molar-refractivity contribution in [2.24, 2.45) is 0 Å². The van der Waals surface area contributed by atoms with Crippen molar-refractivity contribution in [3.63, 3.8) is 0 Å². The predicted molar refractivity (Wildman–Crippen MR) is 82.8 cm³/mol. The van der Waals surface area contributed by atoms with Gasteiger partial charge in [-0.15, -0.1) is 0 Å². The zero-order valence-corrected chi connectivity index (χ0v) is 13.3. The second-order valence-corrected chi connectivity index (χ2v) is 5.87. The molecule has 1 fully saturated rings. The molecule has 3 N–H and O–H groups in total. The number of morpholine rings is 1. The maximum atomic E-state index is 11.6. The highest BCUT2D eigenvalue weighted by atomic mass is 32.2. The first kappa shape index (κ1) is 18.1. The van der Waals surface area contributed by atoms with Crippen molar-refractivity contribution in [2.45, 2.75) is 18.9 Å². The lowest BCUT2D eigenvalue weighted by Crippen LogP contribution is -2.47. The Morgan fingerprint density at radius 3 is 2.71 bits per heavy atom. The van der Waals surface area contributed by atoms with Gasteiger partial charge in [-0.2, -0.15) is 11.8 Å². The van der Waals surface area contributed by atoms with Gasteiger partial charge in [-0.1, -0.05) is 0 Å². The van der Waals surface area contributed by atoms with Gasteiger partial charge >= 0.3 is 12.0 Å². The maximum Gasteiger partial charge on any atom is 0.326 e. The number of amides is 2. The Morgan fingerprint density at radius 2 is 2.10 bits per heavy atom. The number of nitrogens with zero attached hydrogens (tertiary/aromatic N) is 1. The van der Waals surface area contributed by atoms with Gasteiger partial charge in [-0.05, 0) is 31.4 Å². The van der Waals surface area contributed by atoms with Crippen molar-refractivity contribution in [1.29, 1.82) is 0 Å². The maximum absolute atomic E-state index is 11.6. The average Bonchev–Trinajstić information content (AvgIpc) is 2.48. The molecule has 0 spiro atoms. The summed E-state index contributed by atoms with van der Waals surface area (Å²) in [6.45, 7) is 4.85. The number of carboxylic acids is 1. The Balaban J connectivity index is 2.12. The zero-order chi connectivity index (χ0) is 15.5. The van der Waals surface area contributed by atoms with Gasteiger partial charge < -0.3 is 20.5 Å². The summed E-state index contributed by atoms with van der Waals surface area (Å²) in [6, 6.07) is -1.23. The van der Waals surface area contributed by atoms with Gasteiger partial charge in [0.2, 0.25) is 0 Å². The molecule has 0 aromatic heterocycles. The highest BCUT2D eigenvalue weighted by molar-refractivity contribution is 7.98. The molecule has 0 aromatic carbocycles. The molecule has 1 atom stereocenters. The highest BCUT2D eigenvalue weighted by Gasteiger charge is 2.19. The summed E-state index contributed by atoms with van der Waals surface area (Å²) < 4.78 is 5.26. The van der Waals surface area contributed by atoms with Crippen LogP contribution in [0, 0.1) is 0 Å². The molecule has 8 heteroatoms. The van der Waals surface area contributed by atoms with Crippen LogP contribution in [0.3, 0.4) is 0 Å². The van der Waals surface area contributed by atoms with E-state index < -0.39 is 18.0 Å². The van der Waals surface area contributed by atoms with E-state index in [9.17, 15) is 9.59 Å². The first-order valence-electron chi connectivity index (χ1n) is 7.19. The minimum absolute atomic E-state index is 0.412. The van der Waals surface area contributed by atoms with Crippen LogP contribution in [0.4, 0.5) is 4.79 Å². The minimum atomic E-state index is -0.993. The third kappa shape index (κ3) is 8.13. The fourth-order valence-electron chi connectivity index (χ4n) is 2.03. The molecular formula is C13H25N3O4S. The quantitative estimate of drug-likeness (QED) is 0.527. The van der Waals surface area contributed by atoms with Gasteiger partial charge in [0.25, 0.3) is 0 Å². The molecular weight excluding hydrogens is 294 g/mol. The van der Waals surface area contributed by atoms with Crippen LogP contribution in [0.2, 0.25) is 0 Å². The third-order valence-corrected chi connectivity index (χ3v) is 3.90. The predicted octanol–water partition coefficient (Wildman–Crippen LogP) is 0.214. The van der Waals surface area contributed by atoms with Crippen molar-refractivity contribution >= 4 is 23.8 Å². The van der Waals surface area contributed by atoms with Gasteiger partial charge in [-0.25, -0.2) is 9.59 Å². The molecule has 0 aliphatic carbocycles. The molecule has 122 valence electrons. The molecule has 1 heterocycles. The Bertz CT molecular complexity index is 325. The van der Waals surface area contributed by atoms with E-state index in [0.29, 0.717) is 18.7 Å². The van der Waals surface area contributed by atoms with Crippen LogP contribution in [0.15, 0.2) is 0 Å². The Labute approximate surface area is 129 Å². The molecule has 1 aliphatic rings. The molecule has 0 bridgehead atoms. The van der Waals surface area contributed by atoms with Crippen molar-refractivity contribution in [1.82, 2.24) is 15.5 Å². The SMILES string of the molecule is CSCCC(NC(=O)NCCCN1CCOCC1)C(=O)O. The highest BCUT2D eigenvalue weighted by Crippen LogP contribution is 2.01. The largest absolute Gasteiger partial charge is 0.480 e. The van der Waals surface area contributed by atoms with Crippen molar-refractivity contribution in [3.8, 4) is 0 Å². The van der Waals surface area contributed by atoms with Crippen molar-refractivity contribution in [3.05, 3.63) is 0 Å². The summed E-state index contributed by atoms with van der Waals surface area (Å²) in [4.78, 5) is 24.9. The van der Waals surface area contributed by atoms with Gasteiger partial charge in [0.15, 0.2) is 0 Å². The standard InChI is InChI=1S/C13H25N3O4S/c1-21-10-3-11(12(17)18)15-13(19)14-4-2-5-16-6-8-20-9-7-16/h11H,2-10H2,1H3,(H,17,18)(H2,14,15,19). The number of carboxylic acid groups (broad SMARTS) is 1. The van der Waals surface area contributed by atoms with E-state index in [1.807, 2.05) is 6.26 Å². The van der Waals surface area contributed by atoms with E-state index in [1.165, 1.54) is 0 Å². The van der Waals surface area contributed by atoms with Gasteiger partial charge in [-0.3, -0.25) is 4.90 Å². The van der Waals surface area contributed by atoms with Crippen molar-refractivity contribution in [2.75, 3.05) is 51.4 Å². The number of hydrogen-bond donors (Lipinski definition) is 3. The van der Waals surface area contributed by atoms with E-state index in [0.717, 1.165) is 39.3 Å². The van der Waals surface area contributed by atoms with Crippen LogP contribution in [0.5, 0.6) is 0 Å². The van der Waals surface area contributed by atoms with Crippen LogP contribution < -0.4 is 10.6 Å². The Hall–Kier alpha value is -0.990. The second kappa shape index (κ2) is 10.7. The number of aliphatic carboxylic acids is 1. The number of carbonyl (C=O) groups excluding carboxylic acids is 1. The second-order valence-electron chi connectivity index (χ2n) is 4.88. The molecule has 2 amide bonds. The fraction of sp³-hybridized carbons (Fsp3) is 0.846. The van der Waals surface area contributed by atoms with E-state index in [4.69, 9.17) is 9.84 Å². The normalized spacial score (nSPS) is 17.2. The molecule has 0 saturated carbocycles. The first-order valence-corrected chi connectivity index (χ1v) is 8.59. The lowest BCUT2D eigenvalue weighted by molar-refractivity contribution is -0.139. The average molecular weight is 319 g/mol. The van der Waals surface area contributed by atoms with Crippen molar-refractivity contribution < 1.29 is 19.4 Å². The monoisotopic (exact) mass is 319 g/mol. The zero-order valence-electron chi connectivity index (χ0n) is 12.5. The van der Waals surface area contributed by atoms with Crippen LogP contribution in [0.1, 0.15) is 12.8 Å². The summed E-state index contributed by atoms with van der Waals surface area (Å²) >= 11 is 1.56. The smallest absolute Gasteiger partial charge is 0.326 e. The number of carbonyl (C=O) groups is 2. The van der Waals surface area contributed by atoms with Gasteiger partial charge in [0.05, 0.1) is 13.2 Å². The van der Waals surface area contributed by atoms with E-state index in [-0.39, 0.29) is 0 Å². The molecule has 1 saturated heterocycles. The molecule has 1 unspecified atom stereocenters. The number of urea groups is 1. The van der Waals surface area contributed by atoms with Gasteiger partial charge in [0, 0.05) is 19.6 Å². The fourth-order valence-corrected chi connectivity index (χ4v) is 2.50. The summed E-state index contributed by atoms with van der Waals surface area (Å²) in [5.41, 5.74) is 0. The minimum Gasteiger partial charge on any atom is -0.480 e. The van der Waals surface area contributed by atoms with Crippen LogP contribution in [-0.4, -0.2) is 79.5 Å². The number of thioether (sulfide) groups is 1. The van der Waals surface area contributed by atoms with E-state index in [2.05, 4.69) is 15.5 Å². The Morgan fingerprint density at radius 1 is 1.38 bits per heavy atom. The Kier molecular flexibility index (Phi) is 9.20. The van der Waals surface area contributed by atoms with Crippen LogP contribution in [0.25, 0.3) is 0 Å². The summed E-state index contributed by atoms with van der Waals surface area (Å²) in [7, 11) is 0. The summed E-state index contributed by atoms with van der Waals surface area (Å²) in [5.74, 6) is -0.290. The lowest BCUT2D eigenvalue weighted by atomic mass is 10.2. The molecule has 7 nitrogen and oxygen atoms in total. The molecule has 1 rings (SSSR count). The van der Waals surface area contributed by atoms with E-state index in [1.54, 1.807) is 11.8 Å².